The maximum absolute atomic E-state index is 12.4. The van der Waals surface area contributed by atoms with E-state index < -0.39 is 16.0 Å². The van der Waals surface area contributed by atoms with Gasteiger partial charge in [0.1, 0.15) is 18.2 Å². The lowest BCUT2D eigenvalue weighted by Gasteiger charge is -2.11. The summed E-state index contributed by atoms with van der Waals surface area (Å²) in [6, 6.07) is 11.4. The maximum atomic E-state index is 12.4. The van der Waals surface area contributed by atoms with E-state index in [9.17, 15) is 13.2 Å². The van der Waals surface area contributed by atoms with Gasteiger partial charge in [-0.2, -0.15) is 0 Å². The third-order valence-electron chi connectivity index (χ3n) is 4.55. The minimum atomic E-state index is -3.56. The molecule has 0 amide bonds. The minimum Gasteiger partial charge on any atom is -0.497 e. The summed E-state index contributed by atoms with van der Waals surface area (Å²) in [7, 11) is 0.956. The summed E-state index contributed by atoms with van der Waals surface area (Å²) in [5.41, 5.74) is 1.72. The van der Waals surface area contributed by atoms with Crippen molar-refractivity contribution < 1.29 is 22.7 Å². The Hall–Kier alpha value is -2.91. The number of carbonyl (C=O) groups is 1. The van der Waals surface area contributed by atoms with Gasteiger partial charge in [-0.25, -0.2) is 22.5 Å². The fourth-order valence-electron chi connectivity index (χ4n) is 2.93. The number of hydrogen-bond acceptors (Lipinski definition) is 6. The molecule has 1 aromatic heterocycles. The molecule has 29 heavy (non-hydrogen) atoms. The monoisotopic (exact) mass is 417 g/mol. The van der Waals surface area contributed by atoms with Crippen molar-refractivity contribution in [3.8, 4) is 5.75 Å². The van der Waals surface area contributed by atoms with Crippen LogP contribution in [-0.4, -0.2) is 49.4 Å². The first kappa shape index (κ1) is 20.8. The van der Waals surface area contributed by atoms with Gasteiger partial charge in [0.15, 0.2) is 0 Å². The summed E-state index contributed by atoms with van der Waals surface area (Å²) in [4.78, 5) is 17.0. The van der Waals surface area contributed by atoms with Gasteiger partial charge < -0.3 is 14.0 Å². The molecule has 0 unspecified atom stereocenters. The fraction of sp³-hybridized carbons (Fsp3) is 0.300. The van der Waals surface area contributed by atoms with Crippen molar-refractivity contribution in [2.24, 2.45) is 0 Å². The number of aromatic nitrogens is 2. The van der Waals surface area contributed by atoms with Crippen LogP contribution >= 0.6 is 0 Å². The number of rotatable bonds is 7. The molecule has 0 atom stereocenters. The first-order valence-electron chi connectivity index (χ1n) is 9.00. The molecule has 0 aliphatic carbocycles. The molecule has 0 saturated carbocycles. The van der Waals surface area contributed by atoms with Crippen molar-refractivity contribution in [2.75, 3.05) is 21.2 Å². The van der Waals surface area contributed by atoms with Crippen LogP contribution in [0.25, 0.3) is 11.0 Å². The molecule has 0 saturated heterocycles. The van der Waals surface area contributed by atoms with Crippen LogP contribution in [0.2, 0.25) is 0 Å². The topological polar surface area (TPSA) is 90.7 Å². The summed E-state index contributed by atoms with van der Waals surface area (Å²) < 4.78 is 38.3. The Labute approximate surface area is 169 Å². The van der Waals surface area contributed by atoms with E-state index in [0.29, 0.717) is 29.2 Å². The van der Waals surface area contributed by atoms with Crippen molar-refractivity contribution in [2.45, 2.75) is 25.0 Å². The second-order valence-corrected chi connectivity index (χ2v) is 8.67. The molecule has 0 N–H and O–H groups in total. The summed E-state index contributed by atoms with van der Waals surface area (Å²) in [5, 5.41) is 0. The van der Waals surface area contributed by atoms with E-state index in [1.165, 1.54) is 20.2 Å². The highest BCUT2D eigenvalue weighted by Gasteiger charge is 2.20. The van der Waals surface area contributed by atoms with Gasteiger partial charge in [-0.3, -0.25) is 0 Å². The van der Waals surface area contributed by atoms with Crippen molar-refractivity contribution >= 4 is 27.0 Å². The third kappa shape index (κ3) is 4.10. The molecule has 3 aromatic rings. The Morgan fingerprint density at radius 1 is 1.14 bits per heavy atom. The lowest BCUT2D eigenvalue weighted by Crippen LogP contribution is -2.22. The van der Waals surface area contributed by atoms with E-state index in [4.69, 9.17) is 9.47 Å². The second-order valence-electron chi connectivity index (χ2n) is 6.51. The number of benzene rings is 2. The summed E-state index contributed by atoms with van der Waals surface area (Å²) in [5.74, 6) is 0.722. The van der Waals surface area contributed by atoms with Gasteiger partial charge in [0.2, 0.25) is 10.0 Å². The molecule has 0 aliphatic heterocycles. The van der Waals surface area contributed by atoms with E-state index >= 15 is 0 Å². The van der Waals surface area contributed by atoms with Crippen LogP contribution in [0.15, 0.2) is 47.4 Å². The number of methoxy groups -OCH3 is 1. The first-order valence-corrected chi connectivity index (χ1v) is 10.4. The first-order chi connectivity index (χ1) is 13.8. The predicted octanol–water partition coefficient (Wildman–Crippen LogP) is 2.67. The smallest absolute Gasteiger partial charge is 0.338 e. The third-order valence-corrected chi connectivity index (χ3v) is 6.36. The maximum Gasteiger partial charge on any atom is 0.338 e. The van der Waals surface area contributed by atoms with Gasteiger partial charge in [-0.05, 0) is 49.4 Å². The van der Waals surface area contributed by atoms with Gasteiger partial charge in [0.05, 0.1) is 28.6 Å². The molecule has 0 radical (unpaired) electrons. The zero-order chi connectivity index (χ0) is 21.2. The van der Waals surface area contributed by atoms with E-state index in [2.05, 4.69) is 4.98 Å². The number of aryl methyl sites for hydroxylation is 1. The number of fused-ring (bicyclic) bond motifs is 1. The highest BCUT2D eigenvalue weighted by atomic mass is 32.2. The molecule has 3 rings (SSSR count). The number of hydrogen-bond donors (Lipinski definition) is 0. The van der Waals surface area contributed by atoms with Crippen molar-refractivity contribution in [3.05, 3.63) is 53.9 Å². The van der Waals surface area contributed by atoms with Crippen LogP contribution in [0.3, 0.4) is 0 Å². The Bertz CT molecular complexity index is 1130. The average Bonchev–Trinajstić information content (AvgIpc) is 3.08. The molecule has 8 nitrogen and oxygen atoms in total. The fourth-order valence-corrected chi connectivity index (χ4v) is 3.86. The van der Waals surface area contributed by atoms with Gasteiger partial charge in [0, 0.05) is 20.6 Å². The molecule has 0 bridgehead atoms. The van der Waals surface area contributed by atoms with Gasteiger partial charge >= 0.3 is 5.97 Å². The van der Waals surface area contributed by atoms with Crippen LogP contribution in [0, 0.1) is 0 Å². The van der Waals surface area contributed by atoms with E-state index in [1.807, 2.05) is 11.5 Å². The minimum absolute atomic E-state index is 0.0247. The molecule has 0 spiro atoms. The molecular weight excluding hydrogens is 394 g/mol. The Kier molecular flexibility index (Phi) is 5.90. The van der Waals surface area contributed by atoms with Crippen LogP contribution in [-0.2, 0) is 27.9 Å². The second kappa shape index (κ2) is 8.22. The predicted molar refractivity (Wildman–Crippen MR) is 108 cm³/mol. The van der Waals surface area contributed by atoms with Gasteiger partial charge in [-0.15, -0.1) is 0 Å². The normalized spacial score (nSPS) is 11.8. The van der Waals surface area contributed by atoms with Crippen LogP contribution in [0.5, 0.6) is 5.75 Å². The van der Waals surface area contributed by atoms with Gasteiger partial charge in [0.25, 0.3) is 0 Å². The molecule has 2 aromatic carbocycles. The number of sulfonamides is 1. The number of imidazole rings is 1. The van der Waals surface area contributed by atoms with Crippen LogP contribution in [0.1, 0.15) is 23.1 Å². The number of esters is 1. The highest BCUT2D eigenvalue weighted by Crippen LogP contribution is 2.23. The molecule has 1 heterocycles. The van der Waals surface area contributed by atoms with Crippen molar-refractivity contribution in [3.63, 3.8) is 0 Å². The van der Waals surface area contributed by atoms with E-state index in [1.54, 1.807) is 43.5 Å². The Morgan fingerprint density at radius 3 is 2.41 bits per heavy atom. The molecule has 0 fully saturated rings. The number of ether oxygens (including phenoxy) is 2. The zero-order valence-electron chi connectivity index (χ0n) is 16.7. The largest absolute Gasteiger partial charge is 0.497 e. The van der Waals surface area contributed by atoms with Crippen molar-refractivity contribution in [1.29, 1.82) is 0 Å². The SMILES string of the molecule is CCn1c(COC(=O)c2ccc(OC)cc2)nc2cc(S(=O)(=O)N(C)C)ccc21. The number of nitrogens with zero attached hydrogens (tertiary/aromatic N) is 3. The summed E-state index contributed by atoms with van der Waals surface area (Å²) in [6.45, 7) is 2.52. The van der Waals surface area contributed by atoms with Crippen molar-refractivity contribution in [1.82, 2.24) is 13.9 Å². The molecule has 9 heteroatoms. The lowest BCUT2D eigenvalue weighted by molar-refractivity contribution is 0.0458. The quantitative estimate of drug-likeness (QED) is 0.549. The summed E-state index contributed by atoms with van der Waals surface area (Å²) in [6.07, 6.45) is 0. The van der Waals surface area contributed by atoms with E-state index in [-0.39, 0.29) is 11.5 Å². The molecule has 154 valence electrons. The Morgan fingerprint density at radius 2 is 1.83 bits per heavy atom. The number of carbonyl (C=O) groups excluding carboxylic acids is 1. The Balaban J connectivity index is 1.86. The average molecular weight is 417 g/mol. The molecule has 0 aliphatic rings. The van der Waals surface area contributed by atoms with Gasteiger partial charge in [-0.1, -0.05) is 0 Å². The van der Waals surface area contributed by atoms with Crippen LogP contribution < -0.4 is 4.74 Å². The van der Waals surface area contributed by atoms with Crippen LogP contribution in [0.4, 0.5) is 0 Å². The highest BCUT2D eigenvalue weighted by molar-refractivity contribution is 7.89. The molecular formula is C20H23N3O5S. The zero-order valence-corrected chi connectivity index (χ0v) is 17.6. The summed E-state index contributed by atoms with van der Waals surface area (Å²) >= 11 is 0. The van der Waals surface area contributed by atoms with E-state index in [0.717, 1.165) is 9.82 Å². The standard InChI is InChI=1S/C20H23N3O5S/c1-5-23-18-11-10-16(29(25,26)22(2)3)12-17(18)21-19(23)13-28-20(24)14-6-8-15(27-4)9-7-14/h6-12H,5,13H2,1-4H3. The lowest BCUT2D eigenvalue weighted by atomic mass is 10.2.